The van der Waals surface area contributed by atoms with Crippen LogP contribution in [0.25, 0.3) is 11.0 Å². The van der Waals surface area contributed by atoms with E-state index in [0.717, 1.165) is 24.3 Å². The molecule has 2 unspecified atom stereocenters. The first-order chi connectivity index (χ1) is 9.56. The van der Waals surface area contributed by atoms with Crippen LogP contribution in [0.3, 0.4) is 0 Å². The smallest absolute Gasteiger partial charge is 0.125 e. The van der Waals surface area contributed by atoms with Crippen LogP contribution in [-0.4, -0.2) is 28.8 Å². The van der Waals surface area contributed by atoms with Crippen LogP contribution < -0.4 is 5.73 Å². The summed E-state index contributed by atoms with van der Waals surface area (Å²) >= 11 is 0. The van der Waals surface area contributed by atoms with Crippen molar-refractivity contribution in [3.05, 3.63) is 29.8 Å². The molecule has 20 heavy (non-hydrogen) atoms. The minimum absolute atomic E-state index is 0.0836. The van der Waals surface area contributed by atoms with Gasteiger partial charge in [-0.05, 0) is 25.5 Å². The summed E-state index contributed by atoms with van der Waals surface area (Å²) in [5, 5.41) is 0. The van der Waals surface area contributed by atoms with E-state index in [-0.39, 0.29) is 17.3 Å². The summed E-state index contributed by atoms with van der Waals surface area (Å²) in [6.45, 7) is 6.14. The van der Waals surface area contributed by atoms with Gasteiger partial charge < -0.3 is 15.0 Å². The summed E-state index contributed by atoms with van der Waals surface area (Å²) in [5.74, 6) is 0.646. The van der Waals surface area contributed by atoms with Gasteiger partial charge in [-0.15, -0.1) is 0 Å². The van der Waals surface area contributed by atoms with E-state index in [1.807, 2.05) is 0 Å². The van der Waals surface area contributed by atoms with Crippen LogP contribution in [0.2, 0.25) is 0 Å². The van der Waals surface area contributed by atoms with Crippen molar-refractivity contribution in [3.8, 4) is 0 Å². The van der Waals surface area contributed by atoms with Gasteiger partial charge in [0.1, 0.15) is 11.6 Å². The van der Waals surface area contributed by atoms with Gasteiger partial charge >= 0.3 is 0 Å². The molecule has 1 fully saturated rings. The Kier molecular flexibility index (Phi) is 3.26. The standard InChI is InChI=1S/C15H20FN3O/c1-3-6-19-12-5-4-10(16)7-11(12)18-14(19)15(2)9-20-8-13(15)17/h4-5,7,13H,3,6,8-9,17H2,1-2H3. The highest BCUT2D eigenvalue weighted by atomic mass is 19.1. The molecular formula is C15H20FN3O. The van der Waals surface area contributed by atoms with Gasteiger partial charge in [-0.1, -0.05) is 6.92 Å². The number of halogens is 1. The first-order valence-electron chi connectivity index (χ1n) is 7.06. The summed E-state index contributed by atoms with van der Waals surface area (Å²) in [7, 11) is 0. The number of ether oxygens (including phenoxy) is 1. The lowest BCUT2D eigenvalue weighted by molar-refractivity contribution is 0.177. The summed E-state index contributed by atoms with van der Waals surface area (Å²) < 4.78 is 21.1. The zero-order valence-electron chi connectivity index (χ0n) is 11.9. The largest absolute Gasteiger partial charge is 0.379 e. The number of rotatable bonds is 3. The Balaban J connectivity index is 2.21. The van der Waals surface area contributed by atoms with Gasteiger partial charge in [0, 0.05) is 18.7 Å². The first kappa shape index (κ1) is 13.5. The molecule has 2 aromatic rings. The maximum Gasteiger partial charge on any atom is 0.125 e. The van der Waals surface area contributed by atoms with Gasteiger partial charge in [0.15, 0.2) is 0 Å². The molecule has 1 saturated heterocycles. The minimum Gasteiger partial charge on any atom is -0.379 e. The summed E-state index contributed by atoms with van der Waals surface area (Å²) in [5.41, 5.74) is 7.55. The second-order valence-electron chi connectivity index (χ2n) is 5.76. The van der Waals surface area contributed by atoms with Gasteiger partial charge in [-0.2, -0.15) is 0 Å². The Bertz CT molecular complexity index is 639. The molecule has 1 aromatic carbocycles. The van der Waals surface area contributed by atoms with E-state index in [2.05, 4.69) is 23.4 Å². The Hall–Kier alpha value is -1.46. The lowest BCUT2D eigenvalue weighted by Crippen LogP contribution is -2.43. The van der Waals surface area contributed by atoms with E-state index in [1.165, 1.54) is 12.1 Å². The molecule has 1 aromatic heterocycles. The molecule has 0 amide bonds. The maximum atomic E-state index is 13.4. The van der Waals surface area contributed by atoms with Gasteiger partial charge in [0.2, 0.25) is 0 Å². The van der Waals surface area contributed by atoms with E-state index in [0.29, 0.717) is 18.7 Å². The van der Waals surface area contributed by atoms with Crippen LogP contribution in [0.15, 0.2) is 18.2 Å². The average Bonchev–Trinajstić information content (AvgIpc) is 2.93. The Morgan fingerprint density at radius 1 is 1.55 bits per heavy atom. The number of hydrogen-bond acceptors (Lipinski definition) is 3. The van der Waals surface area contributed by atoms with Crippen LogP contribution in [0.4, 0.5) is 4.39 Å². The van der Waals surface area contributed by atoms with Gasteiger partial charge in [0.25, 0.3) is 0 Å². The van der Waals surface area contributed by atoms with Crippen LogP contribution in [0, 0.1) is 5.82 Å². The molecule has 2 heterocycles. The zero-order valence-corrected chi connectivity index (χ0v) is 11.9. The highest BCUT2D eigenvalue weighted by molar-refractivity contribution is 5.76. The number of benzene rings is 1. The monoisotopic (exact) mass is 277 g/mol. The molecule has 0 bridgehead atoms. The number of imidazole rings is 1. The molecule has 0 spiro atoms. The number of hydrogen-bond donors (Lipinski definition) is 1. The van der Waals surface area contributed by atoms with Crippen molar-refractivity contribution in [2.45, 2.75) is 38.3 Å². The third kappa shape index (κ3) is 1.93. The minimum atomic E-state index is -0.315. The van der Waals surface area contributed by atoms with Crippen molar-refractivity contribution in [2.75, 3.05) is 13.2 Å². The van der Waals surface area contributed by atoms with Crippen molar-refractivity contribution >= 4 is 11.0 Å². The van der Waals surface area contributed by atoms with Crippen molar-refractivity contribution in [1.29, 1.82) is 0 Å². The van der Waals surface area contributed by atoms with Gasteiger partial charge in [-0.25, -0.2) is 9.37 Å². The molecule has 1 aliphatic rings. The second kappa shape index (κ2) is 4.82. The number of aryl methyl sites for hydroxylation is 1. The highest BCUT2D eigenvalue weighted by Gasteiger charge is 2.43. The predicted octanol–water partition coefficient (Wildman–Crippen LogP) is 2.20. The molecule has 5 heteroatoms. The number of nitrogens with zero attached hydrogens (tertiary/aromatic N) is 2. The molecule has 0 radical (unpaired) electrons. The summed E-state index contributed by atoms with van der Waals surface area (Å²) in [6.07, 6.45) is 0.988. The molecular weight excluding hydrogens is 257 g/mol. The molecule has 2 atom stereocenters. The van der Waals surface area contributed by atoms with Crippen molar-refractivity contribution < 1.29 is 9.13 Å². The second-order valence-corrected chi connectivity index (χ2v) is 5.76. The summed E-state index contributed by atoms with van der Waals surface area (Å²) in [4.78, 5) is 4.66. The van der Waals surface area contributed by atoms with Crippen LogP contribution in [-0.2, 0) is 16.7 Å². The number of fused-ring (bicyclic) bond motifs is 1. The predicted molar refractivity (Wildman–Crippen MR) is 76.1 cm³/mol. The zero-order chi connectivity index (χ0) is 14.3. The fraction of sp³-hybridized carbons (Fsp3) is 0.533. The van der Waals surface area contributed by atoms with E-state index in [4.69, 9.17) is 10.5 Å². The molecule has 2 N–H and O–H groups in total. The average molecular weight is 277 g/mol. The lowest BCUT2D eigenvalue weighted by atomic mass is 9.85. The van der Waals surface area contributed by atoms with Crippen molar-refractivity contribution in [1.82, 2.24) is 9.55 Å². The normalized spacial score (nSPS) is 26.5. The third-order valence-electron chi connectivity index (χ3n) is 4.19. The highest BCUT2D eigenvalue weighted by Crippen LogP contribution is 2.33. The van der Waals surface area contributed by atoms with Crippen LogP contribution in [0.1, 0.15) is 26.1 Å². The van der Waals surface area contributed by atoms with Crippen molar-refractivity contribution in [2.24, 2.45) is 5.73 Å². The molecule has 4 nitrogen and oxygen atoms in total. The first-order valence-corrected chi connectivity index (χ1v) is 7.06. The van der Waals surface area contributed by atoms with E-state index in [1.54, 1.807) is 6.07 Å². The fourth-order valence-electron chi connectivity index (χ4n) is 2.91. The summed E-state index contributed by atoms with van der Waals surface area (Å²) in [6, 6.07) is 4.67. The van der Waals surface area contributed by atoms with Gasteiger partial charge in [-0.3, -0.25) is 0 Å². The number of aromatic nitrogens is 2. The van der Waals surface area contributed by atoms with E-state index in [9.17, 15) is 4.39 Å². The molecule has 108 valence electrons. The molecule has 1 aliphatic heterocycles. The SMILES string of the molecule is CCCn1c(C2(C)COCC2N)nc2cc(F)ccc21. The third-order valence-corrected chi connectivity index (χ3v) is 4.19. The number of nitrogens with two attached hydrogens (primary N) is 1. The molecule has 0 aliphatic carbocycles. The lowest BCUT2D eigenvalue weighted by Gasteiger charge is -2.27. The van der Waals surface area contributed by atoms with Gasteiger partial charge in [0.05, 0.1) is 29.7 Å². The van der Waals surface area contributed by atoms with Crippen molar-refractivity contribution in [3.63, 3.8) is 0 Å². The van der Waals surface area contributed by atoms with Crippen LogP contribution >= 0.6 is 0 Å². The molecule has 3 rings (SSSR count). The topological polar surface area (TPSA) is 53.1 Å². The quantitative estimate of drug-likeness (QED) is 0.935. The van der Waals surface area contributed by atoms with Crippen LogP contribution in [0.5, 0.6) is 0 Å². The Morgan fingerprint density at radius 3 is 3.00 bits per heavy atom. The maximum absolute atomic E-state index is 13.4. The Labute approximate surface area is 117 Å². The van der Waals surface area contributed by atoms with E-state index >= 15 is 0 Å². The Morgan fingerprint density at radius 2 is 2.35 bits per heavy atom. The fourth-order valence-corrected chi connectivity index (χ4v) is 2.91. The van der Waals surface area contributed by atoms with E-state index < -0.39 is 0 Å². The molecule has 0 saturated carbocycles.